The molecule has 0 saturated heterocycles. The van der Waals surface area contributed by atoms with Gasteiger partial charge < -0.3 is 18.9 Å². The zero-order chi connectivity index (χ0) is 19.3. The van der Waals surface area contributed by atoms with Crippen LogP contribution in [0.4, 0.5) is 0 Å². The van der Waals surface area contributed by atoms with Gasteiger partial charge >= 0.3 is 0 Å². The van der Waals surface area contributed by atoms with Gasteiger partial charge in [0.1, 0.15) is 0 Å². The maximum absolute atomic E-state index is 5.89. The monoisotopic (exact) mass is 481 g/mol. The highest BCUT2D eigenvalue weighted by molar-refractivity contribution is 14.1. The number of likely N-dealkylation sites (N-methyl/N-ethyl adjacent to an activating group) is 1. The average Bonchev–Trinajstić information content (AvgIpc) is 2.69. The molecule has 1 aliphatic carbocycles. The number of ether oxygens (including phenoxy) is 4. The van der Waals surface area contributed by atoms with Crippen LogP contribution in [0.2, 0.25) is 0 Å². The Labute approximate surface area is 173 Å². The van der Waals surface area contributed by atoms with Crippen LogP contribution < -0.4 is 18.9 Å². The van der Waals surface area contributed by atoms with E-state index in [0.717, 1.165) is 57.1 Å². The van der Waals surface area contributed by atoms with E-state index in [1.165, 1.54) is 16.7 Å². The predicted molar refractivity (Wildman–Crippen MR) is 114 cm³/mol. The van der Waals surface area contributed by atoms with E-state index >= 15 is 0 Å². The zero-order valence-electron chi connectivity index (χ0n) is 16.3. The fraction of sp³-hybridized carbons (Fsp3) is 0.429. The number of nitrogens with zero attached hydrogens (tertiary/aromatic N) is 1. The summed E-state index contributed by atoms with van der Waals surface area (Å²) in [4.78, 5) is 2.44. The molecular weight excluding hydrogens is 457 g/mol. The second-order valence-electron chi connectivity index (χ2n) is 6.96. The van der Waals surface area contributed by atoms with Crippen molar-refractivity contribution in [1.29, 1.82) is 0 Å². The van der Waals surface area contributed by atoms with Crippen molar-refractivity contribution < 1.29 is 18.9 Å². The van der Waals surface area contributed by atoms with Crippen LogP contribution in [0.5, 0.6) is 23.0 Å². The molecule has 1 atom stereocenters. The number of hydrogen-bond donors (Lipinski definition) is 0. The smallest absolute Gasteiger partial charge is 0.174 e. The highest BCUT2D eigenvalue weighted by atomic mass is 127. The van der Waals surface area contributed by atoms with Crippen LogP contribution in [0.3, 0.4) is 0 Å². The molecular formula is C21H24INO4. The molecule has 2 aliphatic rings. The second kappa shape index (κ2) is 7.05. The molecule has 0 unspecified atom stereocenters. The quantitative estimate of drug-likeness (QED) is 0.616. The third-order valence-electron chi connectivity index (χ3n) is 5.77. The van der Waals surface area contributed by atoms with Crippen molar-refractivity contribution in [2.75, 3.05) is 42.0 Å². The van der Waals surface area contributed by atoms with Crippen LogP contribution in [0.25, 0.3) is 11.1 Å². The van der Waals surface area contributed by atoms with Gasteiger partial charge in [-0.1, -0.05) is 0 Å². The SMILES string of the molecule is COc1cc2c(cc1OC)-c1c(OC)c(OC)c(I)c3c1[C@H](C2)N(C)CC3. The lowest BCUT2D eigenvalue weighted by atomic mass is 9.76. The van der Waals surface area contributed by atoms with E-state index in [4.69, 9.17) is 18.9 Å². The predicted octanol–water partition coefficient (Wildman–Crippen LogP) is 4.08. The maximum atomic E-state index is 5.89. The van der Waals surface area contributed by atoms with E-state index in [-0.39, 0.29) is 0 Å². The van der Waals surface area contributed by atoms with Gasteiger partial charge in [0.2, 0.25) is 0 Å². The van der Waals surface area contributed by atoms with Crippen molar-refractivity contribution in [2.24, 2.45) is 0 Å². The van der Waals surface area contributed by atoms with Gasteiger partial charge in [-0.25, -0.2) is 0 Å². The Morgan fingerprint density at radius 2 is 1.63 bits per heavy atom. The molecule has 0 fully saturated rings. The number of benzene rings is 2. The highest BCUT2D eigenvalue weighted by Crippen LogP contribution is 2.55. The minimum absolute atomic E-state index is 0.322. The minimum Gasteiger partial charge on any atom is -0.493 e. The second-order valence-corrected chi connectivity index (χ2v) is 8.04. The first-order valence-electron chi connectivity index (χ1n) is 8.97. The Morgan fingerprint density at radius 3 is 2.26 bits per heavy atom. The van der Waals surface area contributed by atoms with Gasteiger partial charge in [-0.3, -0.25) is 4.90 Å². The summed E-state index contributed by atoms with van der Waals surface area (Å²) in [5.74, 6) is 3.11. The molecule has 6 heteroatoms. The van der Waals surface area contributed by atoms with Crippen LogP contribution in [0.15, 0.2) is 12.1 Å². The van der Waals surface area contributed by atoms with E-state index in [2.05, 4.69) is 46.7 Å². The number of hydrogen-bond acceptors (Lipinski definition) is 5. The average molecular weight is 481 g/mol. The van der Waals surface area contributed by atoms with Crippen LogP contribution >= 0.6 is 22.6 Å². The first-order valence-corrected chi connectivity index (χ1v) is 10.0. The molecule has 0 saturated carbocycles. The standard InChI is InChI=1S/C21H24INO4/c1-23-7-6-12-17-14(23)8-11-9-15(24-2)16(25-3)10-13(11)18(17)20(26-4)21(27-5)19(12)22/h9-10,14H,6-8H2,1-5H3/t14-/m0/s1. The minimum atomic E-state index is 0.322. The van der Waals surface area contributed by atoms with Crippen molar-refractivity contribution in [1.82, 2.24) is 4.90 Å². The summed E-state index contributed by atoms with van der Waals surface area (Å²) in [5.41, 5.74) is 6.26. The lowest BCUT2D eigenvalue weighted by Gasteiger charge is -2.41. The first kappa shape index (κ1) is 18.7. The van der Waals surface area contributed by atoms with Gasteiger partial charge in [-0.2, -0.15) is 0 Å². The molecule has 0 bridgehead atoms. The number of rotatable bonds is 4. The van der Waals surface area contributed by atoms with Gasteiger partial charge in [0.05, 0.1) is 32.0 Å². The fourth-order valence-corrected chi connectivity index (χ4v) is 5.48. The van der Waals surface area contributed by atoms with E-state index in [9.17, 15) is 0 Å². The summed E-state index contributed by atoms with van der Waals surface area (Å²) < 4.78 is 24.0. The third kappa shape index (κ3) is 2.68. The summed E-state index contributed by atoms with van der Waals surface area (Å²) in [6.07, 6.45) is 1.95. The molecule has 1 heterocycles. The Hall–Kier alpha value is -1.67. The Kier molecular flexibility index (Phi) is 4.88. The van der Waals surface area contributed by atoms with Crippen molar-refractivity contribution in [3.63, 3.8) is 0 Å². The lowest BCUT2D eigenvalue weighted by molar-refractivity contribution is 0.226. The molecule has 2 aromatic rings. The summed E-state index contributed by atoms with van der Waals surface area (Å²) >= 11 is 2.40. The lowest BCUT2D eigenvalue weighted by Crippen LogP contribution is -2.36. The van der Waals surface area contributed by atoms with E-state index in [0.29, 0.717) is 6.04 Å². The van der Waals surface area contributed by atoms with E-state index < -0.39 is 0 Å². The molecule has 144 valence electrons. The van der Waals surface area contributed by atoms with E-state index in [1.54, 1.807) is 28.4 Å². The Morgan fingerprint density at radius 1 is 0.963 bits per heavy atom. The molecule has 27 heavy (non-hydrogen) atoms. The molecule has 0 radical (unpaired) electrons. The number of methoxy groups -OCH3 is 4. The highest BCUT2D eigenvalue weighted by Gasteiger charge is 2.38. The summed E-state index contributed by atoms with van der Waals surface area (Å²) in [5, 5.41) is 0. The van der Waals surface area contributed by atoms with Crippen LogP contribution in [0, 0.1) is 3.57 Å². The van der Waals surface area contributed by atoms with Crippen molar-refractivity contribution in [3.05, 3.63) is 32.4 Å². The summed E-state index contributed by atoms with van der Waals surface area (Å²) in [6.45, 7) is 1.03. The first-order chi connectivity index (χ1) is 13.0. The van der Waals surface area contributed by atoms with Crippen molar-refractivity contribution in [2.45, 2.75) is 18.9 Å². The molecule has 2 aromatic carbocycles. The van der Waals surface area contributed by atoms with Gasteiger partial charge in [0.25, 0.3) is 0 Å². The molecule has 0 N–H and O–H groups in total. The summed E-state index contributed by atoms with van der Waals surface area (Å²) in [7, 11) is 8.98. The van der Waals surface area contributed by atoms with Crippen LogP contribution in [0.1, 0.15) is 22.7 Å². The number of fused-ring (bicyclic) bond motifs is 2. The Balaban J connectivity index is 2.11. The number of halogens is 1. The summed E-state index contributed by atoms with van der Waals surface area (Å²) in [6, 6.07) is 4.50. The maximum Gasteiger partial charge on any atom is 0.174 e. The Bertz CT molecular complexity index is 912. The molecule has 0 aromatic heterocycles. The van der Waals surface area contributed by atoms with Crippen LogP contribution in [-0.4, -0.2) is 46.9 Å². The molecule has 5 nitrogen and oxygen atoms in total. The van der Waals surface area contributed by atoms with E-state index in [1.807, 2.05) is 0 Å². The van der Waals surface area contributed by atoms with Crippen molar-refractivity contribution in [3.8, 4) is 34.1 Å². The molecule has 0 spiro atoms. The van der Waals surface area contributed by atoms with Crippen LogP contribution in [-0.2, 0) is 12.8 Å². The fourth-order valence-electron chi connectivity index (χ4n) is 4.45. The molecule has 4 rings (SSSR count). The topological polar surface area (TPSA) is 40.2 Å². The van der Waals surface area contributed by atoms with Gasteiger partial charge in [-0.15, -0.1) is 0 Å². The zero-order valence-corrected chi connectivity index (χ0v) is 18.5. The normalized spacial score (nSPS) is 17.8. The van der Waals surface area contributed by atoms with Gasteiger partial charge in [0.15, 0.2) is 23.0 Å². The largest absolute Gasteiger partial charge is 0.493 e. The van der Waals surface area contributed by atoms with Gasteiger partial charge in [0, 0.05) is 18.2 Å². The third-order valence-corrected chi connectivity index (χ3v) is 6.91. The molecule has 0 amide bonds. The van der Waals surface area contributed by atoms with Gasteiger partial charge in [-0.05, 0) is 76.9 Å². The van der Waals surface area contributed by atoms with Crippen molar-refractivity contribution >= 4 is 22.6 Å². The molecule has 1 aliphatic heterocycles.